The Balaban J connectivity index is 1.46. The molecule has 164 valence electrons. The zero-order valence-corrected chi connectivity index (χ0v) is 18.6. The molecule has 30 heavy (non-hydrogen) atoms. The second-order valence-electron chi connectivity index (χ2n) is 8.22. The number of esters is 1. The van der Waals surface area contributed by atoms with Crippen molar-refractivity contribution in [1.82, 2.24) is 24.6 Å². The molecular formula is C19H30N6O4P+. The third kappa shape index (κ3) is 5.71. The van der Waals surface area contributed by atoms with Crippen LogP contribution in [0.25, 0.3) is 11.2 Å². The third-order valence-electron chi connectivity index (χ3n) is 5.10. The molecule has 1 aliphatic carbocycles. The summed E-state index contributed by atoms with van der Waals surface area (Å²) in [7, 11) is -1.95. The van der Waals surface area contributed by atoms with Gasteiger partial charge in [0.05, 0.1) is 19.0 Å². The number of nitrogens with one attached hydrogen (secondary N) is 1. The molecule has 1 fully saturated rings. The fraction of sp³-hybridized carbons (Fsp3) is 0.684. The van der Waals surface area contributed by atoms with Crippen LogP contribution in [0, 0.1) is 0 Å². The highest BCUT2D eigenvalue weighted by molar-refractivity contribution is 7.42. The van der Waals surface area contributed by atoms with Crippen LogP contribution in [-0.2, 0) is 25.4 Å². The van der Waals surface area contributed by atoms with E-state index in [2.05, 4.69) is 20.0 Å². The second kappa shape index (κ2) is 9.76. The van der Waals surface area contributed by atoms with Gasteiger partial charge in [0.2, 0.25) is 0 Å². The molecule has 1 saturated carbocycles. The standard InChI is InChI=1S/C19H30N6O4P/c1-13(9-25-11-23-15-16(20)21-10-22-17(15)25)28-12-30(27)24-19(2,3)18(26)29-14-7-5-4-6-8-14/h10-11,13-14H,4-9,12H2,1-3H3,(H,24,27)(H2,20,21,22)/q+1. The quantitative estimate of drug-likeness (QED) is 0.448. The highest BCUT2D eigenvalue weighted by atomic mass is 31.1. The van der Waals surface area contributed by atoms with Crippen molar-refractivity contribution < 1.29 is 18.8 Å². The Hall–Kier alpha value is -2.16. The van der Waals surface area contributed by atoms with Gasteiger partial charge < -0.3 is 19.8 Å². The molecule has 0 spiro atoms. The van der Waals surface area contributed by atoms with Gasteiger partial charge in [0.15, 0.2) is 17.0 Å². The van der Waals surface area contributed by atoms with Crippen LogP contribution >= 0.6 is 7.95 Å². The lowest BCUT2D eigenvalue weighted by Crippen LogP contribution is -2.46. The van der Waals surface area contributed by atoms with Crippen LogP contribution in [0.1, 0.15) is 52.9 Å². The largest absolute Gasteiger partial charge is 0.461 e. The van der Waals surface area contributed by atoms with Crippen molar-refractivity contribution >= 4 is 30.9 Å². The van der Waals surface area contributed by atoms with Crippen LogP contribution in [-0.4, -0.2) is 49.6 Å². The molecule has 0 aliphatic heterocycles. The lowest BCUT2D eigenvalue weighted by atomic mass is 9.97. The van der Waals surface area contributed by atoms with Gasteiger partial charge in [-0.25, -0.2) is 19.7 Å². The minimum Gasteiger partial charge on any atom is -0.461 e. The van der Waals surface area contributed by atoms with E-state index in [1.807, 2.05) is 11.5 Å². The van der Waals surface area contributed by atoms with Crippen LogP contribution in [0.15, 0.2) is 12.7 Å². The van der Waals surface area contributed by atoms with Crippen LogP contribution in [0.5, 0.6) is 0 Å². The summed E-state index contributed by atoms with van der Waals surface area (Å²) in [5.74, 6) is -0.0603. The van der Waals surface area contributed by atoms with Gasteiger partial charge in [-0.1, -0.05) is 11.5 Å². The molecule has 0 amide bonds. The van der Waals surface area contributed by atoms with Gasteiger partial charge in [0, 0.05) is 0 Å². The van der Waals surface area contributed by atoms with Crippen molar-refractivity contribution in [2.24, 2.45) is 0 Å². The number of hydrogen-bond donors (Lipinski definition) is 2. The number of carbonyl (C=O) groups is 1. The summed E-state index contributed by atoms with van der Waals surface area (Å²) in [6, 6.07) is 0. The molecule has 2 aromatic rings. The van der Waals surface area contributed by atoms with E-state index in [4.69, 9.17) is 15.2 Å². The number of imidazole rings is 1. The van der Waals surface area contributed by atoms with E-state index in [1.165, 1.54) is 12.7 Å². The molecule has 2 atom stereocenters. The Labute approximate surface area is 176 Å². The number of carbonyl (C=O) groups excluding carboxylic acids is 1. The van der Waals surface area contributed by atoms with E-state index in [9.17, 15) is 9.36 Å². The van der Waals surface area contributed by atoms with Crippen LogP contribution in [0.2, 0.25) is 0 Å². The number of anilines is 1. The van der Waals surface area contributed by atoms with Crippen molar-refractivity contribution in [2.45, 2.75) is 77.2 Å². The second-order valence-corrected chi connectivity index (χ2v) is 9.45. The first-order valence-electron chi connectivity index (χ1n) is 10.2. The molecular weight excluding hydrogens is 407 g/mol. The average Bonchev–Trinajstić information content (AvgIpc) is 3.11. The number of nitrogens with two attached hydrogens (primary N) is 1. The SMILES string of the molecule is CC(Cn1cnc2c(N)ncnc21)OC[P+](=O)NC(C)(C)C(=O)OC1CCCCC1. The lowest BCUT2D eigenvalue weighted by molar-refractivity contribution is -0.156. The number of ether oxygens (including phenoxy) is 2. The lowest BCUT2D eigenvalue weighted by Gasteiger charge is -2.26. The first-order valence-corrected chi connectivity index (χ1v) is 11.7. The highest BCUT2D eigenvalue weighted by Crippen LogP contribution is 2.26. The molecule has 11 heteroatoms. The summed E-state index contributed by atoms with van der Waals surface area (Å²) < 4.78 is 25.6. The van der Waals surface area contributed by atoms with E-state index < -0.39 is 13.5 Å². The van der Waals surface area contributed by atoms with Gasteiger partial charge in [0.25, 0.3) is 6.35 Å². The predicted molar refractivity (Wildman–Crippen MR) is 113 cm³/mol. The molecule has 0 aromatic carbocycles. The van der Waals surface area contributed by atoms with Gasteiger partial charge >= 0.3 is 13.9 Å². The molecule has 0 saturated heterocycles. The van der Waals surface area contributed by atoms with Crippen molar-refractivity contribution in [2.75, 3.05) is 12.1 Å². The molecule has 2 heterocycles. The van der Waals surface area contributed by atoms with E-state index in [0.29, 0.717) is 23.5 Å². The summed E-state index contributed by atoms with van der Waals surface area (Å²) in [6.07, 6.45) is 7.83. The van der Waals surface area contributed by atoms with Crippen LogP contribution in [0.3, 0.4) is 0 Å². The summed E-state index contributed by atoms with van der Waals surface area (Å²) >= 11 is 0. The Morgan fingerprint density at radius 1 is 1.33 bits per heavy atom. The molecule has 3 rings (SSSR count). The fourth-order valence-corrected chi connectivity index (χ4v) is 4.60. The average molecular weight is 437 g/mol. The smallest absolute Gasteiger partial charge is 0.461 e. The molecule has 2 aromatic heterocycles. The van der Waals surface area contributed by atoms with Crippen molar-refractivity contribution in [1.29, 1.82) is 0 Å². The molecule has 10 nitrogen and oxygen atoms in total. The predicted octanol–water partition coefficient (Wildman–Crippen LogP) is 2.76. The first-order chi connectivity index (χ1) is 14.3. The topological polar surface area (TPSA) is 134 Å². The van der Waals surface area contributed by atoms with Gasteiger partial charge in [-0.2, -0.15) is 0 Å². The molecule has 3 N–H and O–H groups in total. The number of nitrogen functional groups attached to an aromatic ring is 1. The Kier molecular flexibility index (Phi) is 7.33. The minimum absolute atomic E-state index is 0.0274. The zero-order chi connectivity index (χ0) is 21.7. The normalized spacial score (nSPS) is 17.1. The van der Waals surface area contributed by atoms with Gasteiger partial charge in [-0.15, -0.1) is 0 Å². The summed E-state index contributed by atoms with van der Waals surface area (Å²) in [5.41, 5.74) is 5.90. The monoisotopic (exact) mass is 437 g/mol. The summed E-state index contributed by atoms with van der Waals surface area (Å²) in [5, 5.41) is 2.85. The number of rotatable bonds is 9. The van der Waals surface area contributed by atoms with E-state index in [1.54, 1.807) is 20.2 Å². The van der Waals surface area contributed by atoms with E-state index >= 15 is 0 Å². The van der Waals surface area contributed by atoms with Crippen molar-refractivity contribution in [3.8, 4) is 0 Å². The molecule has 1 aliphatic rings. The van der Waals surface area contributed by atoms with Crippen LogP contribution < -0.4 is 10.8 Å². The zero-order valence-electron chi connectivity index (χ0n) is 17.7. The number of nitrogens with zero attached hydrogens (tertiary/aromatic N) is 4. The van der Waals surface area contributed by atoms with Gasteiger partial charge in [-0.05, 0) is 51.0 Å². The first kappa shape index (κ1) is 22.5. The number of aromatic nitrogens is 4. The molecule has 2 unspecified atom stereocenters. The van der Waals surface area contributed by atoms with E-state index in [-0.39, 0.29) is 24.5 Å². The summed E-state index contributed by atoms with van der Waals surface area (Å²) in [4.78, 5) is 24.8. The third-order valence-corrected chi connectivity index (χ3v) is 6.29. The fourth-order valence-electron chi connectivity index (χ4n) is 3.43. The van der Waals surface area contributed by atoms with Crippen LogP contribution in [0.4, 0.5) is 5.82 Å². The van der Waals surface area contributed by atoms with Gasteiger partial charge in [0.1, 0.15) is 17.9 Å². The van der Waals surface area contributed by atoms with Crippen molar-refractivity contribution in [3.63, 3.8) is 0 Å². The maximum atomic E-state index is 12.5. The molecule has 0 bridgehead atoms. The maximum absolute atomic E-state index is 12.5. The minimum atomic E-state index is -1.95. The number of hydrogen-bond acceptors (Lipinski definition) is 8. The molecule has 0 radical (unpaired) electrons. The van der Waals surface area contributed by atoms with E-state index in [0.717, 1.165) is 25.7 Å². The maximum Gasteiger partial charge on any atom is 0.461 e. The summed E-state index contributed by atoms with van der Waals surface area (Å²) in [6.45, 7) is 5.68. The Morgan fingerprint density at radius 3 is 2.80 bits per heavy atom. The Morgan fingerprint density at radius 2 is 2.07 bits per heavy atom. The van der Waals surface area contributed by atoms with Crippen molar-refractivity contribution in [3.05, 3.63) is 12.7 Å². The Bertz CT molecular complexity index is 896. The highest BCUT2D eigenvalue weighted by Gasteiger charge is 2.39. The van der Waals surface area contributed by atoms with Gasteiger partial charge in [-0.3, -0.25) is 0 Å². The number of fused-ring (bicyclic) bond motifs is 1.